The number of fused-ring (bicyclic) bond motifs is 1. The standard InChI is InChI=1S/C17H18N4/c18-11-6-12-21(14-7-2-1-3-8-14)17-13-19-15-9-4-5-10-16(15)20-17/h1-5,7-10,13H,6,11-12,18H2. The quantitative estimate of drug-likeness (QED) is 0.779. The molecule has 0 atom stereocenters. The van der Waals surface area contributed by atoms with Crippen molar-refractivity contribution < 1.29 is 0 Å². The Hall–Kier alpha value is -2.46. The van der Waals surface area contributed by atoms with E-state index in [-0.39, 0.29) is 0 Å². The number of aromatic nitrogens is 2. The Balaban J connectivity index is 2.01. The van der Waals surface area contributed by atoms with E-state index in [0.717, 1.165) is 35.5 Å². The van der Waals surface area contributed by atoms with Crippen molar-refractivity contribution in [2.45, 2.75) is 6.42 Å². The van der Waals surface area contributed by atoms with E-state index < -0.39 is 0 Å². The molecule has 4 nitrogen and oxygen atoms in total. The van der Waals surface area contributed by atoms with Crippen LogP contribution in [0.5, 0.6) is 0 Å². The topological polar surface area (TPSA) is 55.0 Å². The average Bonchev–Trinajstić information content (AvgIpc) is 2.56. The van der Waals surface area contributed by atoms with Crippen LogP contribution in [-0.4, -0.2) is 23.1 Å². The van der Waals surface area contributed by atoms with Gasteiger partial charge in [-0.05, 0) is 37.2 Å². The van der Waals surface area contributed by atoms with E-state index in [1.807, 2.05) is 48.7 Å². The normalized spacial score (nSPS) is 10.7. The van der Waals surface area contributed by atoms with E-state index in [9.17, 15) is 0 Å². The van der Waals surface area contributed by atoms with Crippen LogP contribution in [0.4, 0.5) is 11.5 Å². The smallest absolute Gasteiger partial charge is 0.152 e. The molecular formula is C17H18N4. The second kappa shape index (κ2) is 6.33. The van der Waals surface area contributed by atoms with Gasteiger partial charge in [-0.15, -0.1) is 0 Å². The lowest BCUT2D eigenvalue weighted by Crippen LogP contribution is -2.22. The largest absolute Gasteiger partial charge is 0.330 e. The molecule has 3 rings (SSSR count). The molecule has 21 heavy (non-hydrogen) atoms. The number of anilines is 2. The molecule has 0 spiro atoms. The van der Waals surface area contributed by atoms with Crippen molar-refractivity contribution in [2.75, 3.05) is 18.0 Å². The highest BCUT2D eigenvalue weighted by atomic mass is 15.2. The molecule has 0 radical (unpaired) electrons. The number of rotatable bonds is 5. The molecule has 1 aromatic heterocycles. The van der Waals surface area contributed by atoms with Crippen LogP contribution in [0.25, 0.3) is 11.0 Å². The molecule has 0 unspecified atom stereocenters. The molecule has 0 saturated carbocycles. The van der Waals surface area contributed by atoms with E-state index in [0.29, 0.717) is 6.54 Å². The molecule has 0 amide bonds. The molecule has 0 aliphatic carbocycles. The molecular weight excluding hydrogens is 260 g/mol. The molecule has 4 heteroatoms. The van der Waals surface area contributed by atoms with Gasteiger partial charge in [-0.25, -0.2) is 4.98 Å². The molecule has 0 fully saturated rings. The zero-order valence-electron chi connectivity index (χ0n) is 11.8. The predicted molar refractivity (Wildman–Crippen MR) is 86.7 cm³/mol. The highest BCUT2D eigenvalue weighted by Crippen LogP contribution is 2.24. The third-order valence-electron chi connectivity index (χ3n) is 3.37. The monoisotopic (exact) mass is 278 g/mol. The van der Waals surface area contributed by atoms with Crippen LogP contribution >= 0.6 is 0 Å². The number of hydrogen-bond donors (Lipinski definition) is 1. The maximum Gasteiger partial charge on any atom is 0.152 e. The van der Waals surface area contributed by atoms with Crippen LogP contribution in [0.3, 0.4) is 0 Å². The molecule has 0 saturated heterocycles. The van der Waals surface area contributed by atoms with Crippen LogP contribution in [0.2, 0.25) is 0 Å². The van der Waals surface area contributed by atoms with Crippen molar-refractivity contribution >= 4 is 22.5 Å². The lowest BCUT2D eigenvalue weighted by molar-refractivity contribution is 0.810. The maximum absolute atomic E-state index is 5.66. The summed E-state index contributed by atoms with van der Waals surface area (Å²) in [6.45, 7) is 1.48. The molecule has 2 N–H and O–H groups in total. The minimum Gasteiger partial charge on any atom is -0.330 e. The highest BCUT2D eigenvalue weighted by Gasteiger charge is 2.11. The van der Waals surface area contributed by atoms with Gasteiger partial charge in [-0.3, -0.25) is 4.98 Å². The van der Waals surface area contributed by atoms with Crippen LogP contribution in [0, 0.1) is 0 Å². The van der Waals surface area contributed by atoms with Gasteiger partial charge >= 0.3 is 0 Å². The second-order valence-corrected chi connectivity index (χ2v) is 4.85. The summed E-state index contributed by atoms with van der Waals surface area (Å²) >= 11 is 0. The Kier molecular flexibility index (Phi) is 4.07. The van der Waals surface area contributed by atoms with E-state index in [2.05, 4.69) is 22.0 Å². The fourth-order valence-corrected chi connectivity index (χ4v) is 2.31. The summed E-state index contributed by atoms with van der Waals surface area (Å²) in [6.07, 6.45) is 2.73. The van der Waals surface area contributed by atoms with Crippen LogP contribution in [0.1, 0.15) is 6.42 Å². The number of para-hydroxylation sites is 3. The zero-order chi connectivity index (χ0) is 14.5. The summed E-state index contributed by atoms with van der Waals surface area (Å²) in [5.41, 5.74) is 8.58. The zero-order valence-corrected chi connectivity index (χ0v) is 11.8. The van der Waals surface area contributed by atoms with Gasteiger partial charge in [0.2, 0.25) is 0 Å². The number of benzene rings is 2. The highest BCUT2D eigenvalue weighted by molar-refractivity contribution is 5.76. The van der Waals surface area contributed by atoms with E-state index in [1.165, 1.54) is 0 Å². The summed E-state index contributed by atoms with van der Waals surface area (Å²) in [7, 11) is 0. The fourth-order valence-electron chi connectivity index (χ4n) is 2.31. The van der Waals surface area contributed by atoms with Gasteiger partial charge in [-0.2, -0.15) is 0 Å². The molecule has 0 aliphatic rings. The van der Waals surface area contributed by atoms with Crippen molar-refractivity contribution in [2.24, 2.45) is 5.73 Å². The molecule has 0 aliphatic heterocycles. The van der Waals surface area contributed by atoms with Gasteiger partial charge in [0.05, 0.1) is 17.2 Å². The Morgan fingerprint density at radius 3 is 2.38 bits per heavy atom. The molecule has 0 bridgehead atoms. The van der Waals surface area contributed by atoms with Gasteiger partial charge < -0.3 is 10.6 Å². The van der Waals surface area contributed by atoms with Crippen molar-refractivity contribution in [3.05, 3.63) is 60.8 Å². The van der Waals surface area contributed by atoms with Crippen LogP contribution in [-0.2, 0) is 0 Å². The minimum absolute atomic E-state index is 0.657. The summed E-state index contributed by atoms with van der Waals surface area (Å²) < 4.78 is 0. The summed E-state index contributed by atoms with van der Waals surface area (Å²) in [5.74, 6) is 0.855. The Labute approximate surface area is 124 Å². The SMILES string of the molecule is NCCCN(c1ccccc1)c1cnc2ccccc2n1. The molecule has 3 aromatic rings. The Morgan fingerprint density at radius 2 is 1.62 bits per heavy atom. The van der Waals surface area contributed by atoms with Crippen molar-refractivity contribution in [3.8, 4) is 0 Å². The van der Waals surface area contributed by atoms with E-state index in [1.54, 1.807) is 0 Å². The first-order valence-electron chi connectivity index (χ1n) is 7.13. The van der Waals surface area contributed by atoms with E-state index >= 15 is 0 Å². The minimum atomic E-state index is 0.657. The molecule has 1 heterocycles. The van der Waals surface area contributed by atoms with Gasteiger partial charge in [-0.1, -0.05) is 30.3 Å². The maximum atomic E-state index is 5.66. The van der Waals surface area contributed by atoms with Crippen molar-refractivity contribution in [3.63, 3.8) is 0 Å². The first-order chi connectivity index (χ1) is 10.4. The third-order valence-corrected chi connectivity index (χ3v) is 3.37. The second-order valence-electron chi connectivity index (χ2n) is 4.85. The molecule has 106 valence electrons. The number of nitrogens with two attached hydrogens (primary N) is 1. The predicted octanol–water partition coefficient (Wildman–Crippen LogP) is 3.12. The van der Waals surface area contributed by atoms with Gasteiger partial charge in [0.15, 0.2) is 5.82 Å². The first kappa shape index (κ1) is 13.5. The summed E-state index contributed by atoms with van der Waals surface area (Å²) in [6, 6.07) is 18.1. The number of hydrogen-bond acceptors (Lipinski definition) is 4. The lowest BCUT2D eigenvalue weighted by Gasteiger charge is -2.23. The van der Waals surface area contributed by atoms with Crippen LogP contribution in [0.15, 0.2) is 60.8 Å². The Morgan fingerprint density at radius 1 is 0.905 bits per heavy atom. The number of nitrogens with zero attached hydrogens (tertiary/aromatic N) is 3. The summed E-state index contributed by atoms with van der Waals surface area (Å²) in [5, 5.41) is 0. The Bertz CT molecular complexity index is 712. The van der Waals surface area contributed by atoms with Gasteiger partial charge in [0.25, 0.3) is 0 Å². The van der Waals surface area contributed by atoms with Crippen LogP contribution < -0.4 is 10.6 Å². The van der Waals surface area contributed by atoms with Crippen molar-refractivity contribution in [1.29, 1.82) is 0 Å². The van der Waals surface area contributed by atoms with Gasteiger partial charge in [0.1, 0.15) is 0 Å². The third kappa shape index (κ3) is 3.01. The van der Waals surface area contributed by atoms with Crippen molar-refractivity contribution in [1.82, 2.24) is 9.97 Å². The average molecular weight is 278 g/mol. The first-order valence-corrected chi connectivity index (χ1v) is 7.13. The fraction of sp³-hybridized carbons (Fsp3) is 0.176. The molecule has 2 aromatic carbocycles. The van der Waals surface area contributed by atoms with E-state index in [4.69, 9.17) is 10.7 Å². The lowest BCUT2D eigenvalue weighted by atomic mass is 10.2. The summed E-state index contributed by atoms with van der Waals surface area (Å²) in [4.78, 5) is 11.4. The van der Waals surface area contributed by atoms with Gasteiger partial charge in [0, 0.05) is 12.2 Å².